The third-order valence-corrected chi connectivity index (χ3v) is 9.92. The molecule has 0 radical (unpaired) electrons. The zero-order valence-corrected chi connectivity index (χ0v) is 34.9. The van der Waals surface area contributed by atoms with Gasteiger partial charge in [-0.25, -0.2) is 0 Å². The Balaban J connectivity index is 4.69. The molecule has 308 valence electrons. The first kappa shape index (κ1) is 50.8. The molecule has 0 bridgehead atoms. The van der Waals surface area contributed by atoms with Crippen LogP contribution in [0, 0.1) is 0 Å². The Hall–Kier alpha value is -2.18. The van der Waals surface area contributed by atoms with Crippen molar-refractivity contribution in [2.24, 2.45) is 0 Å². The number of aliphatic hydroxyl groups is 2. The van der Waals surface area contributed by atoms with Gasteiger partial charge in [0, 0.05) is 6.42 Å². The van der Waals surface area contributed by atoms with Crippen LogP contribution in [-0.2, 0) is 14.3 Å². The Kier molecular flexibility index (Phi) is 39.3. The van der Waals surface area contributed by atoms with E-state index in [1.165, 1.54) is 89.9 Å². The van der Waals surface area contributed by atoms with Crippen LogP contribution in [0.3, 0.4) is 0 Å². The minimum Gasteiger partial charge on any atom is -0.462 e. The Bertz CT molecular complexity index is 926. The monoisotopic (exact) mass is 744 g/mol. The lowest BCUT2D eigenvalue weighted by Gasteiger charge is -2.24. The lowest BCUT2D eigenvalue weighted by molar-refractivity contribution is -0.151. The molecule has 3 unspecified atom stereocenters. The summed E-state index contributed by atoms with van der Waals surface area (Å²) in [6, 6.07) is -0.715. The smallest absolute Gasteiger partial charge is 0.306 e. The van der Waals surface area contributed by atoms with Crippen molar-refractivity contribution >= 4 is 11.9 Å². The van der Waals surface area contributed by atoms with Crippen molar-refractivity contribution in [2.75, 3.05) is 6.61 Å². The summed E-state index contributed by atoms with van der Waals surface area (Å²) in [7, 11) is 0. The molecule has 0 aliphatic heterocycles. The van der Waals surface area contributed by atoms with Gasteiger partial charge in [-0.2, -0.15) is 0 Å². The van der Waals surface area contributed by atoms with Crippen molar-refractivity contribution < 1.29 is 24.5 Å². The van der Waals surface area contributed by atoms with E-state index in [2.05, 4.69) is 74.7 Å². The number of carbonyl (C=O) groups is 2. The van der Waals surface area contributed by atoms with Crippen molar-refractivity contribution in [2.45, 2.75) is 232 Å². The molecule has 0 aromatic rings. The fourth-order valence-corrected chi connectivity index (χ4v) is 6.54. The maximum atomic E-state index is 13.1. The summed E-state index contributed by atoms with van der Waals surface area (Å²) in [4.78, 5) is 25.9. The highest BCUT2D eigenvalue weighted by atomic mass is 16.5. The average molecular weight is 744 g/mol. The van der Waals surface area contributed by atoms with Gasteiger partial charge in [0.2, 0.25) is 5.91 Å². The van der Waals surface area contributed by atoms with Crippen molar-refractivity contribution in [1.82, 2.24) is 5.32 Å². The number of esters is 1. The summed E-state index contributed by atoms with van der Waals surface area (Å²) in [6.07, 6.45) is 47.5. The lowest BCUT2D eigenvalue weighted by atomic mass is 10.0. The van der Waals surface area contributed by atoms with Crippen LogP contribution in [0.5, 0.6) is 0 Å². The van der Waals surface area contributed by atoms with Gasteiger partial charge in [-0.3, -0.25) is 9.59 Å². The van der Waals surface area contributed by atoms with E-state index < -0.39 is 18.2 Å². The number of amides is 1. The predicted molar refractivity (Wildman–Crippen MR) is 227 cm³/mol. The molecule has 0 fully saturated rings. The molecule has 3 atom stereocenters. The fourth-order valence-electron chi connectivity index (χ4n) is 6.54. The quantitative estimate of drug-likeness (QED) is 0.0331. The van der Waals surface area contributed by atoms with Gasteiger partial charge >= 0.3 is 5.97 Å². The highest BCUT2D eigenvalue weighted by molar-refractivity contribution is 5.77. The van der Waals surface area contributed by atoms with E-state index >= 15 is 0 Å². The van der Waals surface area contributed by atoms with Gasteiger partial charge < -0.3 is 20.3 Å². The number of hydrogen-bond donors (Lipinski definition) is 3. The number of ether oxygens (including phenoxy) is 1. The molecule has 0 rings (SSSR count). The fraction of sp³-hybridized carbons (Fsp3) is 0.787. The molecular formula is C47H85NO5. The summed E-state index contributed by atoms with van der Waals surface area (Å²) in [5.41, 5.74) is 0. The van der Waals surface area contributed by atoms with Gasteiger partial charge in [0.05, 0.1) is 25.2 Å². The summed E-state index contributed by atoms with van der Waals surface area (Å²) >= 11 is 0. The Morgan fingerprint density at radius 3 is 1.51 bits per heavy atom. The SMILES string of the molecule is CC/C=C/C/C=C/C/C=C/C/C=C/CCCC(CC(=O)NC(CO)C(O)CCCCCCCCCCCCC)OC(=O)CCCCCCCCCCC. The van der Waals surface area contributed by atoms with Crippen LogP contribution in [0.4, 0.5) is 0 Å². The second-order valence-electron chi connectivity index (χ2n) is 15.1. The van der Waals surface area contributed by atoms with Crippen molar-refractivity contribution in [3.05, 3.63) is 48.6 Å². The average Bonchev–Trinajstić information content (AvgIpc) is 3.15. The minimum absolute atomic E-state index is 0.0410. The van der Waals surface area contributed by atoms with E-state index in [1.54, 1.807) is 0 Å². The maximum Gasteiger partial charge on any atom is 0.306 e. The molecule has 0 aromatic carbocycles. The Morgan fingerprint density at radius 1 is 0.566 bits per heavy atom. The zero-order chi connectivity index (χ0) is 38.9. The topological polar surface area (TPSA) is 95.9 Å². The number of allylic oxidation sites excluding steroid dienone is 8. The van der Waals surface area contributed by atoms with Crippen LogP contribution in [0.1, 0.15) is 213 Å². The van der Waals surface area contributed by atoms with E-state index in [-0.39, 0.29) is 24.9 Å². The minimum atomic E-state index is -0.798. The standard InChI is InChI=1S/C47H85NO5/c1-4-7-10-13-16-19-21-22-23-25-27-29-32-35-38-43(53-47(52)40-37-34-31-26-18-15-12-9-6-3)41-46(51)48-44(42-49)45(50)39-36-33-30-28-24-20-17-14-11-8-5-2/h7,10,16,19,22-23,27,29,43-45,49-50H,4-6,8-9,11-15,17-18,20-21,24-26,28,30-42H2,1-3H3,(H,48,51)/b10-7+,19-16+,23-22+,29-27+. The number of aliphatic hydroxyl groups excluding tert-OH is 2. The van der Waals surface area contributed by atoms with Gasteiger partial charge in [0.15, 0.2) is 0 Å². The second kappa shape index (κ2) is 41.0. The molecule has 0 spiro atoms. The first-order valence-electron chi connectivity index (χ1n) is 22.4. The largest absolute Gasteiger partial charge is 0.462 e. The number of unbranched alkanes of at least 4 members (excludes halogenated alkanes) is 19. The highest BCUT2D eigenvalue weighted by Crippen LogP contribution is 2.16. The number of rotatable bonds is 39. The van der Waals surface area contributed by atoms with E-state index in [4.69, 9.17) is 4.74 Å². The third-order valence-electron chi connectivity index (χ3n) is 9.92. The maximum absolute atomic E-state index is 13.1. The molecule has 6 heteroatoms. The molecule has 0 aliphatic carbocycles. The number of nitrogens with one attached hydrogen (secondary N) is 1. The normalized spacial score (nSPS) is 13.8. The van der Waals surface area contributed by atoms with Crippen LogP contribution in [-0.4, -0.2) is 46.9 Å². The lowest BCUT2D eigenvalue weighted by Crippen LogP contribution is -2.46. The number of hydrogen-bond acceptors (Lipinski definition) is 5. The molecule has 0 heterocycles. The summed E-state index contributed by atoms with van der Waals surface area (Å²) in [5, 5.41) is 23.6. The van der Waals surface area contributed by atoms with Crippen LogP contribution in [0.25, 0.3) is 0 Å². The number of carbonyl (C=O) groups excluding carboxylic acids is 2. The molecular weight excluding hydrogens is 659 g/mol. The van der Waals surface area contributed by atoms with Gasteiger partial charge in [0.1, 0.15) is 6.10 Å². The van der Waals surface area contributed by atoms with Gasteiger partial charge in [0.25, 0.3) is 0 Å². The molecule has 53 heavy (non-hydrogen) atoms. The van der Waals surface area contributed by atoms with Gasteiger partial charge in [-0.15, -0.1) is 0 Å². The molecule has 0 aromatic heterocycles. The van der Waals surface area contributed by atoms with Gasteiger partial charge in [-0.05, 0) is 57.8 Å². The summed E-state index contributed by atoms with van der Waals surface area (Å²) in [6.45, 7) is 6.31. The van der Waals surface area contributed by atoms with E-state index in [0.717, 1.165) is 77.0 Å². The van der Waals surface area contributed by atoms with Crippen LogP contribution in [0.2, 0.25) is 0 Å². The highest BCUT2D eigenvalue weighted by Gasteiger charge is 2.24. The van der Waals surface area contributed by atoms with E-state index in [0.29, 0.717) is 19.3 Å². The molecule has 0 saturated carbocycles. The van der Waals surface area contributed by atoms with E-state index in [1.807, 2.05) is 0 Å². The van der Waals surface area contributed by atoms with Crippen molar-refractivity contribution in [3.8, 4) is 0 Å². The van der Waals surface area contributed by atoms with Crippen molar-refractivity contribution in [3.63, 3.8) is 0 Å². The summed E-state index contributed by atoms with van der Waals surface area (Å²) in [5.74, 6) is -0.531. The molecule has 0 aliphatic rings. The second-order valence-corrected chi connectivity index (χ2v) is 15.1. The van der Waals surface area contributed by atoms with Gasteiger partial charge in [-0.1, -0.05) is 191 Å². The Labute approximate surface area is 327 Å². The molecule has 1 amide bonds. The first-order chi connectivity index (χ1) is 26.0. The first-order valence-corrected chi connectivity index (χ1v) is 22.4. The third kappa shape index (κ3) is 36.6. The van der Waals surface area contributed by atoms with Crippen LogP contribution < -0.4 is 5.32 Å². The molecule has 3 N–H and O–H groups in total. The van der Waals surface area contributed by atoms with Crippen molar-refractivity contribution in [1.29, 1.82) is 0 Å². The zero-order valence-electron chi connectivity index (χ0n) is 34.9. The van der Waals surface area contributed by atoms with Crippen LogP contribution in [0.15, 0.2) is 48.6 Å². The predicted octanol–water partition coefficient (Wildman–Crippen LogP) is 12.7. The Morgan fingerprint density at radius 2 is 1.02 bits per heavy atom. The molecule has 0 saturated heterocycles. The summed E-state index contributed by atoms with van der Waals surface area (Å²) < 4.78 is 5.86. The van der Waals surface area contributed by atoms with E-state index in [9.17, 15) is 19.8 Å². The molecule has 6 nitrogen and oxygen atoms in total. The van der Waals surface area contributed by atoms with Crippen LogP contribution >= 0.6 is 0 Å².